The van der Waals surface area contributed by atoms with E-state index in [9.17, 15) is 39.0 Å². The summed E-state index contributed by atoms with van der Waals surface area (Å²) in [6.07, 6.45) is -1.14. The van der Waals surface area contributed by atoms with Crippen LogP contribution in [0.1, 0.15) is 47.1 Å². The van der Waals surface area contributed by atoms with Crippen molar-refractivity contribution in [3.8, 4) is 5.75 Å². The Kier molecular flexibility index (Phi) is 14.6. The van der Waals surface area contributed by atoms with Gasteiger partial charge in [-0.2, -0.15) is 0 Å². The Bertz CT molecular complexity index is 1140. The van der Waals surface area contributed by atoms with E-state index in [-0.39, 0.29) is 18.1 Å². The molecule has 0 unspecified atom stereocenters. The van der Waals surface area contributed by atoms with E-state index < -0.39 is 77.9 Å². The minimum absolute atomic E-state index is 0.000702. The van der Waals surface area contributed by atoms with Crippen LogP contribution in [0.25, 0.3) is 0 Å². The molecular weight excluding hydrogens is 564 g/mol. The lowest BCUT2D eigenvalue weighted by molar-refractivity contribution is -0.146. The number of carbonyl (C=O) groups excluding carboxylic acids is 6. The van der Waals surface area contributed by atoms with Crippen molar-refractivity contribution in [2.45, 2.75) is 90.3 Å². The second-order valence-electron chi connectivity index (χ2n) is 10.6. The molecule has 5 amide bonds. The first kappa shape index (κ1) is 36.8. The van der Waals surface area contributed by atoms with Crippen LogP contribution in [0, 0.1) is 5.92 Å². The average Bonchev–Trinajstić information content (AvgIpc) is 2.94. The third-order valence-corrected chi connectivity index (χ3v) is 6.51. The number of carbonyl (C=O) groups is 6. The van der Waals surface area contributed by atoms with E-state index in [0.717, 1.165) is 0 Å². The monoisotopic (exact) mass is 608 g/mol. The number of phenols is 1. The largest absolute Gasteiger partial charge is 0.508 e. The average molecular weight is 609 g/mol. The number of nitrogens with one attached hydrogen (secondary N) is 5. The van der Waals surface area contributed by atoms with Gasteiger partial charge in [-0.05, 0) is 51.3 Å². The predicted molar refractivity (Wildman–Crippen MR) is 155 cm³/mol. The summed E-state index contributed by atoms with van der Waals surface area (Å²) >= 11 is 0. The van der Waals surface area contributed by atoms with Crippen molar-refractivity contribution < 1.29 is 43.7 Å². The summed E-state index contributed by atoms with van der Waals surface area (Å²) in [5, 5.41) is 31.4. The van der Waals surface area contributed by atoms with Crippen molar-refractivity contribution in [2.24, 2.45) is 11.7 Å². The number of nitrogens with two attached hydrogens (primary N) is 1. The molecule has 0 radical (unpaired) electrons. The molecule has 0 aliphatic rings. The number of rotatable bonds is 15. The van der Waals surface area contributed by atoms with Crippen molar-refractivity contribution in [2.75, 3.05) is 7.11 Å². The van der Waals surface area contributed by atoms with E-state index in [2.05, 4.69) is 26.6 Å². The number of amides is 5. The molecule has 0 aliphatic heterocycles. The zero-order valence-corrected chi connectivity index (χ0v) is 25.5. The van der Waals surface area contributed by atoms with E-state index in [4.69, 9.17) is 10.5 Å². The smallest absolute Gasteiger partial charge is 0.328 e. The lowest BCUT2D eigenvalue weighted by atomic mass is 10.0. The van der Waals surface area contributed by atoms with Gasteiger partial charge >= 0.3 is 5.97 Å². The lowest BCUT2D eigenvalue weighted by Crippen LogP contribution is -2.58. The van der Waals surface area contributed by atoms with Gasteiger partial charge in [-0.15, -0.1) is 0 Å². The molecule has 0 saturated carbocycles. The molecule has 15 nitrogen and oxygen atoms in total. The third-order valence-electron chi connectivity index (χ3n) is 6.51. The van der Waals surface area contributed by atoms with Crippen molar-refractivity contribution >= 4 is 35.5 Å². The van der Waals surface area contributed by atoms with Crippen LogP contribution in [0.2, 0.25) is 0 Å². The van der Waals surface area contributed by atoms with Crippen LogP contribution in [0.3, 0.4) is 0 Å². The van der Waals surface area contributed by atoms with E-state index in [1.54, 1.807) is 26.0 Å². The Balaban J connectivity index is 2.91. The highest BCUT2D eigenvalue weighted by atomic mass is 16.5. The fourth-order valence-corrected chi connectivity index (χ4v) is 3.65. The van der Waals surface area contributed by atoms with E-state index in [0.29, 0.717) is 5.56 Å². The Morgan fingerprint density at radius 1 is 0.721 bits per heavy atom. The number of hydrogen-bond acceptors (Lipinski definition) is 10. The first-order valence-electron chi connectivity index (χ1n) is 13.8. The van der Waals surface area contributed by atoms with Crippen LogP contribution in [-0.2, 0) is 39.9 Å². The quantitative estimate of drug-likeness (QED) is 0.101. The summed E-state index contributed by atoms with van der Waals surface area (Å²) in [7, 11) is 1.19. The van der Waals surface area contributed by atoms with E-state index in [1.165, 1.54) is 46.9 Å². The number of ether oxygens (including phenoxy) is 1. The van der Waals surface area contributed by atoms with Crippen molar-refractivity contribution in [1.29, 1.82) is 0 Å². The van der Waals surface area contributed by atoms with Crippen LogP contribution in [-0.4, -0.2) is 95.2 Å². The Hall–Kier alpha value is -4.24. The highest BCUT2D eigenvalue weighted by Gasteiger charge is 2.31. The molecule has 0 heterocycles. The van der Waals surface area contributed by atoms with Gasteiger partial charge in [0.25, 0.3) is 0 Å². The molecule has 43 heavy (non-hydrogen) atoms. The fourth-order valence-electron chi connectivity index (χ4n) is 3.65. The van der Waals surface area contributed by atoms with Gasteiger partial charge in [0.15, 0.2) is 0 Å². The van der Waals surface area contributed by atoms with E-state index in [1.807, 2.05) is 0 Å². The molecule has 1 aromatic rings. The molecule has 0 fully saturated rings. The normalized spacial score (nSPS) is 15.9. The summed E-state index contributed by atoms with van der Waals surface area (Å²) in [6, 6.07) is -0.754. The highest BCUT2D eigenvalue weighted by molar-refractivity contribution is 5.96. The molecule has 1 aromatic carbocycles. The number of hydrogen-bond donors (Lipinski definition) is 8. The molecule has 0 bridgehead atoms. The number of aliphatic hydroxyl groups is 1. The minimum atomic E-state index is -1.24. The summed E-state index contributed by atoms with van der Waals surface area (Å²) < 4.78 is 4.77. The first-order chi connectivity index (χ1) is 20.0. The standard InChI is InChI=1S/C28H44N6O9/c1-13(2)22(28(42)43-7)34-26(40)20(12-18-8-10-19(36)11-9-18)33-25(39)16(5)31-23(37)14(3)30-24(38)15(4)32-27(41)21(29)17(6)35/h8-11,13-17,20-22,35-36H,12,29H2,1-7H3,(H,30,38)(H,31,37)(H,32,41)(H,33,39)(H,34,40)/t14-,15+,16-,17+,20+,21-,22-/m0/s1. The maximum Gasteiger partial charge on any atom is 0.328 e. The van der Waals surface area contributed by atoms with Gasteiger partial charge in [-0.25, -0.2) is 4.79 Å². The molecule has 9 N–H and O–H groups in total. The second kappa shape index (κ2) is 17.0. The SMILES string of the molecule is COC(=O)[C@@H](NC(=O)[C@@H](Cc1ccc(O)cc1)NC(=O)[C@H](C)NC(=O)[C@H](C)NC(=O)[C@@H](C)NC(=O)[C@@H](N)[C@@H](C)O)C(C)C. The number of aliphatic hydroxyl groups excluding tert-OH is 1. The first-order valence-corrected chi connectivity index (χ1v) is 13.8. The summed E-state index contributed by atoms with van der Waals surface area (Å²) in [6.45, 7) is 8.87. The van der Waals surface area contributed by atoms with Crippen LogP contribution < -0.4 is 32.3 Å². The number of aromatic hydroxyl groups is 1. The lowest BCUT2D eigenvalue weighted by Gasteiger charge is -2.26. The van der Waals surface area contributed by atoms with Crippen LogP contribution in [0.4, 0.5) is 0 Å². The molecule has 0 spiro atoms. The van der Waals surface area contributed by atoms with Crippen molar-refractivity contribution in [3.05, 3.63) is 29.8 Å². The predicted octanol–water partition coefficient (Wildman–Crippen LogP) is -2.04. The molecule has 15 heteroatoms. The van der Waals surface area contributed by atoms with Gasteiger partial charge in [0, 0.05) is 6.42 Å². The number of benzene rings is 1. The van der Waals surface area contributed by atoms with Crippen molar-refractivity contribution in [1.82, 2.24) is 26.6 Å². The molecule has 1 rings (SSSR count). The molecule has 0 saturated heterocycles. The molecule has 0 aromatic heterocycles. The van der Waals surface area contributed by atoms with Gasteiger partial charge in [0.1, 0.15) is 42.0 Å². The molecule has 7 atom stereocenters. The van der Waals surface area contributed by atoms with Crippen LogP contribution in [0.5, 0.6) is 5.75 Å². The maximum atomic E-state index is 13.2. The summed E-state index contributed by atoms with van der Waals surface area (Å²) in [4.78, 5) is 75.6. The van der Waals surface area contributed by atoms with Gasteiger partial charge in [-0.1, -0.05) is 26.0 Å². The van der Waals surface area contributed by atoms with Crippen LogP contribution in [0.15, 0.2) is 24.3 Å². The Morgan fingerprint density at radius 3 is 1.58 bits per heavy atom. The van der Waals surface area contributed by atoms with Crippen molar-refractivity contribution in [3.63, 3.8) is 0 Å². The number of methoxy groups -OCH3 is 1. The topological polar surface area (TPSA) is 238 Å². The summed E-state index contributed by atoms with van der Waals surface area (Å²) in [5.41, 5.74) is 6.15. The van der Waals surface area contributed by atoms with Crippen LogP contribution >= 0.6 is 0 Å². The maximum absolute atomic E-state index is 13.2. The summed E-state index contributed by atoms with van der Waals surface area (Å²) in [5.74, 6) is -4.54. The zero-order chi connectivity index (χ0) is 33.0. The second-order valence-corrected chi connectivity index (χ2v) is 10.6. The Labute approximate surface area is 250 Å². The zero-order valence-electron chi connectivity index (χ0n) is 25.5. The fraction of sp³-hybridized carbons (Fsp3) is 0.571. The highest BCUT2D eigenvalue weighted by Crippen LogP contribution is 2.12. The number of phenolic OH excluding ortho intramolecular Hbond substituents is 1. The molecule has 240 valence electrons. The van der Waals surface area contributed by atoms with E-state index >= 15 is 0 Å². The van der Waals surface area contributed by atoms with Gasteiger partial charge in [0.2, 0.25) is 29.5 Å². The van der Waals surface area contributed by atoms with Gasteiger partial charge < -0.3 is 47.3 Å². The molecular formula is C28H44N6O9. The van der Waals surface area contributed by atoms with Gasteiger partial charge in [-0.3, -0.25) is 24.0 Å². The van der Waals surface area contributed by atoms with Gasteiger partial charge in [0.05, 0.1) is 13.2 Å². The third kappa shape index (κ3) is 11.9. The minimum Gasteiger partial charge on any atom is -0.508 e. The number of esters is 1. The Morgan fingerprint density at radius 2 is 1.16 bits per heavy atom. The molecule has 0 aliphatic carbocycles.